The average Bonchev–Trinajstić information content (AvgIpc) is 2.31. The number of aryl methyl sites for hydroxylation is 1. The maximum atomic E-state index is 10.5. The predicted octanol–water partition coefficient (Wildman–Crippen LogP) is 1.16. The van der Waals surface area contributed by atoms with Gasteiger partial charge in [0, 0.05) is 19.3 Å². The minimum Gasteiger partial charge on any atom is -0.282 e. The van der Waals surface area contributed by atoms with Gasteiger partial charge in [-0.25, -0.2) is 4.98 Å². The zero-order valence-electron chi connectivity index (χ0n) is 6.77. The Balaban J connectivity index is 0.00000121. The van der Waals surface area contributed by atoms with Crippen molar-refractivity contribution >= 4 is 30.4 Å². The van der Waals surface area contributed by atoms with E-state index in [9.17, 15) is 4.79 Å². The summed E-state index contributed by atoms with van der Waals surface area (Å²) in [5.74, 6) is 0.798. The molecule has 0 saturated heterocycles. The lowest BCUT2D eigenvalue weighted by Gasteiger charge is -2.01. The average molecular weight is 208 g/mol. The zero-order chi connectivity index (χ0) is 8.27. The van der Waals surface area contributed by atoms with Crippen molar-refractivity contribution in [2.24, 2.45) is 0 Å². The number of hydrogen-bond acceptors (Lipinski definition) is 3. The Bertz CT molecular complexity index is 263. The Labute approximate surface area is 81.4 Å². The first-order chi connectivity index (χ1) is 5.20. The molecule has 1 aromatic heterocycles. The van der Waals surface area contributed by atoms with E-state index < -0.39 is 0 Å². The molecule has 1 aromatic rings. The third-order valence-electron chi connectivity index (χ3n) is 1.07. The number of imidazole rings is 1. The van der Waals surface area contributed by atoms with E-state index in [-0.39, 0.29) is 18.3 Å². The second kappa shape index (κ2) is 5.05. The number of halogens is 1. The quantitative estimate of drug-likeness (QED) is 0.741. The second-order valence-electron chi connectivity index (χ2n) is 2.05. The molecule has 0 aliphatic carbocycles. The summed E-state index contributed by atoms with van der Waals surface area (Å²) < 4.78 is 4.37. The molecule has 12 heavy (non-hydrogen) atoms. The van der Waals surface area contributed by atoms with Gasteiger partial charge in [-0.2, -0.15) is 0 Å². The van der Waals surface area contributed by atoms with Gasteiger partial charge in [0.05, 0.1) is 12.1 Å². The molecule has 6 heteroatoms. The van der Waals surface area contributed by atoms with Gasteiger partial charge >= 0.3 is 0 Å². The van der Waals surface area contributed by atoms with Crippen molar-refractivity contribution < 1.29 is 4.79 Å². The number of hydrogen-bond donors (Lipinski definition) is 1. The molecule has 0 spiro atoms. The molecule has 1 N–H and O–H groups in total. The van der Waals surface area contributed by atoms with Crippen LogP contribution in [0.25, 0.3) is 0 Å². The summed E-state index contributed by atoms with van der Waals surface area (Å²) in [4.78, 5) is 14.5. The molecule has 0 aliphatic heterocycles. The van der Waals surface area contributed by atoms with Crippen molar-refractivity contribution in [3.8, 4) is 0 Å². The summed E-state index contributed by atoms with van der Waals surface area (Å²) in [6, 6.07) is 0. The first-order valence-corrected chi connectivity index (χ1v) is 3.91. The molecule has 1 heterocycles. The van der Waals surface area contributed by atoms with Gasteiger partial charge in [-0.05, 0) is 6.92 Å². The van der Waals surface area contributed by atoms with E-state index >= 15 is 0 Å². The first kappa shape index (κ1) is 11.3. The van der Waals surface area contributed by atoms with Crippen LogP contribution in [0.5, 0.6) is 0 Å². The number of carbonyl (C=O) groups excluding carboxylic acids is 1. The van der Waals surface area contributed by atoms with Gasteiger partial charge in [0.25, 0.3) is 0 Å². The minimum atomic E-state index is -0.0666. The highest BCUT2D eigenvalue weighted by Gasteiger charge is 1.97. The third-order valence-corrected chi connectivity index (χ3v) is 2.03. The summed E-state index contributed by atoms with van der Waals surface area (Å²) in [5, 5.41) is 0. The van der Waals surface area contributed by atoms with Crippen molar-refractivity contribution in [2.75, 3.05) is 0 Å². The monoisotopic (exact) mass is 207 g/mol. The highest BCUT2D eigenvalue weighted by molar-refractivity contribution is 7.96. The van der Waals surface area contributed by atoms with Crippen LogP contribution in [0.15, 0.2) is 12.4 Å². The van der Waals surface area contributed by atoms with Crippen molar-refractivity contribution in [3.63, 3.8) is 0 Å². The molecule has 4 nitrogen and oxygen atoms in total. The number of nitrogens with zero attached hydrogens (tertiary/aromatic N) is 2. The van der Waals surface area contributed by atoms with Crippen LogP contribution in [-0.2, 0) is 4.79 Å². The Kier molecular flexibility index (Phi) is 4.77. The molecule has 0 fully saturated rings. The smallest absolute Gasteiger partial charge is 0.228 e. The van der Waals surface area contributed by atoms with Gasteiger partial charge in [-0.15, -0.1) is 12.4 Å². The van der Waals surface area contributed by atoms with Crippen LogP contribution in [0.3, 0.4) is 0 Å². The van der Waals surface area contributed by atoms with Gasteiger partial charge in [-0.1, -0.05) is 0 Å². The lowest BCUT2D eigenvalue weighted by atomic mass is 10.8. The molecule has 1 rings (SSSR count). The molecular weight excluding hydrogens is 198 g/mol. The van der Waals surface area contributed by atoms with Crippen molar-refractivity contribution in [2.45, 2.75) is 13.8 Å². The maximum absolute atomic E-state index is 10.5. The van der Waals surface area contributed by atoms with Gasteiger partial charge in [0.15, 0.2) is 0 Å². The van der Waals surface area contributed by atoms with Crippen LogP contribution in [0.1, 0.15) is 12.7 Å². The SMILES string of the molecule is CC(=O)NSn1ccnc1C.Cl. The van der Waals surface area contributed by atoms with Gasteiger partial charge in [-0.3, -0.25) is 13.5 Å². The molecule has 0 radical (unpaired) electrons. The van der Waals surface area contributed by atoms with Crippen molar-refractivity contribution in [1.29, 1.82) is 0 Å². The largest absolute Gasteiger partial charge is 0.282 e. The Hall–Kier alpha value is -0.680. The molecular formula is C6H10ClN3OS. The Morgan fingerprint density at radius 1 is 1.75 bits per heavy atom. The fraction of sp³-hybridized carbons (Fsp3) is 0.333. The van der Waals surface area contributed by atoms with E-state index in [1.807, 2.05) is 6.92 Å². The molecule has 0 aromatic carbocycles. The summed E-state index contributed by atoms with van der Waals surface area (Å²) in [6.45, 7) is 3.34. The van der Waals surface area contributed by atoms with Gasteiger partial charge in [0.2, 0.25) is 5.91 Å². The van der Waals surface area contributed by atoms with Crippen LogP contribution < -0.4 is 4.72 Å². The lowest BCUT2D eigenvalue weighted by molar-refractivity contribution is -0.117. The van der Waals surface area contributed by atoms with E-state index in [2.05, 4.69) is 9.71 Å². The predicted molar refractivity (Wildman–Crippen MR) is 51.0 cm³/mol. The highest BCUT2D eigenvalue weighted by atomic mass is 35.5. The third kappa shape index (κ3) is 3.15. The Morgan fingerprint density at radius 3 is 2.83 bits per heavy atom. The normalized spacial score (nSPS) is 8.83. The van der Waals surface area contributed by atoms with E-state index in [0.29, 0.717) is 0 Å². The highest BCUT2D eigenvalue weighted by Crippen LogP contribution is 2.03. The van der Waals surface area contributed by atoms with Crippen LogP contribution >= 0.6 is 24.5 Å². The number of amides is 1. The summed E-state index contributed by atoms with van der Waals surface area (Å²) in [5.41, 5.74) is 0. The standard InChI is InChI=1S/C6H9N3OS.ClH/c1-5-7-3-4-9(5)11-8-6(2)10;/h3-4H,1-2H3,(H,8,10);1H. The van der Waals surface area contributed by atoms with Gasteiger partial charge < -0.3 is 0 Å². The van der Waals surface area contributed by atoms with Crippen LogP contribution in [0.2, 0.25) is 0 Å². The molecule has 0 aliphatic rings. The number of aromatic nitrogens is 2. The number of carbonyl (C=O) groups is 1. The van der Waals surface area contributed by atoms with Gasteiger partial charge in [0.1, 0.15) is 5.82 Å². The molecule has 0 unspecified atom stereocenters. The van der Waals surface area contributed by atoms with Crippen LogP contribution in [0, 0.1) is 6.92 Å². The van der Waals surface area contributed by atoms with Crippen molar-refractivity contribution in [3.05, 3.63) is 18.2 Å². The zero-order valence-corrected chi connectivity index (χ0v) is 8.41. The number of nitrogens with one attached hydrogen (secondary N) is 1. The fourth-order valence-corrected chi connectivity index (χ4v) is 1.10. The summed E-state index contributed by atoms with van der Waals surface area (Å²) in [6.07, 6.45) is 3.47. The Morgan fingerprint density at radius 2 is 2.42 bits per heavy atom. The van der Waals surface area contributed by atoms with E-state index in [4.69, 9.17) is 0 Å². The first-order valence-electron chi connectivity index (χ1n) is 3.14. The van der Waals surface area contributed by atoms with Crippen molar-refractivity contribution in [1.82, 2.24) is 13.7 Å². The number of rotatable bonds is 2. The molecule has 68 valence electrons. The molecule has 1 amide bonds. The molecule has 0 atom stereocenters. The second-order valence-corrected chi connectivity index (χ2v) is 2.83. The van der Waals surface area contributed by atoms with E-state index in [0.717, 1.165) is 5.82 Å². The summed E-state index contributed by atoms with van der Waals surface area (Å²) in [7, 11) is 0. The minimum absolute atomic E-state index is 0. The summed E-state index contributed by atoms with van der Waals surface area (Å²) >= 11 is 1.22. The van der Waals surface area contributed by atoms with Crippen LogP contribution in [-0.4, -0.2) is 14.9 Å². The maximum Gasteiger partial charge on any atom is 0.228 e. The topological polar surface area (TPSA) is 46.9 Å². The molecule has 0 bridgehead atoms. The lowest BCUT2D eigenvalue weighted by Crippen LogP contribution is -2.13. The van der Waals surface area contributed by atoms with E-state index in [1.54, 1.807) is 16.4 Å². The van der Waals surface area contributed by atoms with Crippen LogP contribution in [0.4, 0.5) is 0 Å². The molecule has 0 saturated carbocycles. The fourth-order valence-electron chi connectivity index (χ4n) is 0.576. The van der Waals surface area contributed by atoms with E-state index in [1.165, 1.54) is 19.1 Å².